The van der Waals surface area contributed by atoms with E-state index in [1.165, 1.54) is 0 Å². The number of nitrogens with zero attached hydrogens (tertiary/aromatic N) is 2. The fourth-order valence-electron chi connectivity index (χ4n) is 1.51. The minimum atomic E-state index is -0.454. The first-order chi connectivity index (χ1) is 8.52. The van der Waals surface area contributed by atoms with E-state index in [0.717, 1.165) is 10.6 Å². The van der Waals surface area contributed by atoms with Crippen molar-refractivity contribution in [2.45, 2.75) is 26.8 Å². The van der Waals surface area contributed by atoms with Crippen LogP contribution >= 0.6 is 11.3 Å². The maximum absolute atomic E-state index is 11.6. The van der Waals surface area contributed by atoms with Crippen molar-refractivity contribution in [2.75, 3.05) is 20.2 Å². The van der Waals surface area contributed by atoms with E-state index in [-0.39, 0.29) is 18.7 Å². The second-order valence-electron chi connectivity index (χ2n) is 4.05. The molecule has 6 heteroatoms. The summed E-state index contributed by atoms with van der Waals surface area (Å²) >= 11 is 1.57. The van der Waals surface area contributed by atoms with Crippen molar-refractivity contribution in [1.29, 1.82) is 0 Å². The Bertz CT molecular complexity index is 417. The normalized spacial score (nSPS) is 10.7. The van der Waals surface area contributed by atoms with Crippen molar-refractivity contribution < 1.29 is 14.3 Å². The largest absolute Gasteiger partial charge is 0.466 e. The molecule has 1 rings (SSSR count). The van der Waals surface area contributed by atoms with Gasteiger partial charge in [0, 0.05) is 11.4 Å². The number of ketones is 1. The molecule has 0 atom stereocenters. The van der Waals surface area contributed by atoms with E-state index < -0.39 is 5.97 Å². The highest BCUT2D eigenvalue weighted by molar-refractivity contribution is 7.09. The maximum atomic E-state index is 11.6. The predicted molar refractivity (Wildman–Crippen MR) is 69.4 cm³/mol. The second kappa shape index (κ2) is 7.23. The van der Waals surface area contributed by atoms with Crippen molar-refractivity contribution >= 4 is 23.1 Å². The standard InChI is InChI=1S/C12H18N2O3S/c1-4-17-12(16)5-10(15)6-14(3)7-11-9(2)13-8-18-11/h8H,4-7H2,1-3H3. The van der Waals surface area contributed by atoms with Crippen LogP contribution in [0.5, 0.6) is 0 Å². The molecule has 0 bridgehead atoms. The third kappa shape index (κ3) is 4.93. The van der Waals surface area contributed by atoms with Crippen molar-refractivity contribution in [2.24, 2.45) is 0 Å². The molecule has 0 aliphatic carbocycles. The molecule has 0 saturated heterocycles. The molecule has 0 fully saturated rings. The molecule has 0 radical (unpaired) electrons. The number of carbonyl (C=O) groups excluding carboxylic acids is 2. The van der Waals surface area contributed by atoms with Gasteiger partial charge < -0.3 is 4.74 Å². The third-order valence-corrected chi connectivity index (χ3v) is 3.27. The summed E-state index contributed by atoms with van der Waals surface area (Å²) in [5.74, 6) is -0.581. The summed E-state index contributed by atoms with van der Waals surface area (Å²) in [6.07, 6.45) is -0.153. The number of carbonyl (C=O) groups is 2. The minimum Gasteiger partial charge on any atom is -0.466 e. The highest BCUT2D eigenvalue weighted by atomic mass is 32.1. The lowest BCUT2D eigenvalue weighted by atomic mass is 10.2. The zero-order chi connectivity index (χ0) is 13.5. The quantitative estimate of drug-likeness (QED) is 0.554. The van der Waals surface area contributed by atoms with Crippen LogP contribution in [0.2, 0.25) is 0 Å². The molecule has 18 heavy (non-hydrogen) atoms. The Morgan fingerprint density at radius 1 is 1.50 bits per heavy atom. The average Bonchev–Trinajstić information content (AvgIpc) is 2.64. The van der Waals surface area contributed by atoms with E-state index in [1.807, 2.05) is 18.9 Å². The minimum absolute atomic E-state index is 0.127. The number of ether oxygens (including phenoxy) is 1. The summed E-state index contributed by atoms with van der Waals surface area (Å²) < 4.78 is 4.73. The Balaban J connectivity index is 2.36. The van der Waals surface area contributed by atoms with Gasteiger partial charge in [-0.1, -0.05) is 0 Å². The van der Waals surface area contributed by atoms with Crippen LogP contribution < -0.4 is 0 Å². The van der Waals surface area contributed by atoms with E-state index in [2.05, 4.69) is 4.98 Å². The monoisotopic (exact) mass is 270 g/mol. The summed E-state index contributed by atoms with van der Waals surface area (Å²) in [5.41, 5.74) is 2.78. The van der Waals surface area contributed by atoms with Gasteiger partial charge in [-0.3, -0.25) is 14.5 Å². The van der Waals surface area contributed by atoms with Gasteiger partial charge in [0.25, 0.3) is 0 Å². The molecular weight excluding hydrogens is 252 g/mol. The van der Waals surface area contributed by atoms with Crippen LogP contribution in [0.15, 0.2) is 5.51 Å². The molecule has 0 N–H and O–H groups in total. The zero-order valence-electron chi connectivity index (χ0n) is 10.9. The molecule has 0 aliphatic rings. The van der Waals surface area contributed by atoms with Crippen LogP contribution in [0.4, 0.5) is 0 Å². The zero-order valence-corrected chi connectivity index (χ0v) is 11.7. The van der Waals surface area contributed by atoms with Gasteiger partial charge in [-0.15, -0.1) is 11.3 Å². The van der Waals surface area contributed by atoms with Crippen LogP contribution in [0.1, 0.15) is 23.9 Å². The topological polar surface area (TPSA) is 59.5 Å². The van der Waals surface area contributed by atoms with E-state index >= 15 is 0 Å². The Morgan fingerprint density at radius 2 is 2.22 bits per heavy atom. The highest BCUT2D eigenvalue weighted by Gasteiger charge is 2.13. The molecule has 100 valence electrons. The molecule has 1 aromatic heterocycles. The molecule has 0 unspecified atom stereocenters. The number of Topliss-reactive ketones (excluding diaryl/α,β-unsaturated/α-hetero) is 1. The fourth-order valence-corrected chi connectivity index (χ4v) is 2.37. The third-order valence-electron chi connectivity index (χ3n) is 2.35. The predicted octanol–water partition coefficient (Wildman–Crippen LogP) is 1.41. The van der Waals surface area contributed by atoms with Crippen LogP contribution in [-0.2, 0) is 20.9 Å². The lowest BCUT2D eigenvalue weighted by Gasteiger charge is -2.14. The van der Waals surface area contributed by atoms with Gasteiger partial charge in [-0.2, -0.15) is 0 Å². The maximum Gasteiger partial charge on any atom is 0.313 e. The SMILES string of the molecule is CCOC(=O)CC(=O)CN(C)Cc1scnc1C. The first-order valence-electron chi connectivity index (χ1n) is 5.77. The molecule has 0 saturated carbocycles. The Morgan fingerprint density at radius 3 is 2.78 bits per heavy atom. The van der Waals surface area contributed by atoms with Gasteiger partial charge >= 0.3 is 5.97 Å². The first kappa shape index (κ1) is 14.8. The molecule has 1 heterocycles. The molecule has 0 aromatic carbocycles. The first-order valence-corrected chi connectivity index (χ1v) is 6.65. The van der Waals surface area contributed by atoms with Gasteiger partial charge in [-0.25, -0.2) is 4.98 Å². The number of esters is 1. The van der Waals surface area contributed by atoms with Crippen molar-refractivity contribution in [3.05, 3.63) is 16.1 Å². The molecule has 0 spiro atoms. The molecular formula is C12H18N2O3S. The summed E-state index contributed by atoms with van der Waals surface area (Å²) in [5, 5.41) is 0. The van der Waals surface area contributed by atoms with Gasteiger partial charge in [0.15, 0.2) is 5.78 Å². The number of rotatable bonds is 7. The van der Waals surface area contributed by atoms with Crippen LogP contribution in [0.3, 0.4) is 0 Å². The molecule has 5 nitrogen and oxygen atoms in total. The lowest BCUT2D eigenvalue weighted by molar-refractivity contribution is -0.145. The van der Waals surface area contributed by atoms with E-state index in [0.29, 0.717) is 13.2 Å². The van der Waals surface area contributed by atoms with E-state index in [4.69, 9.17) is 4.74 Å². The van der Waals surface area contributed by atoms with Gasteiger partial charge in [0.1, 0.15) is 6.42 Å². The van der Waals surface area contributed by atoms with E-state index in [1.54, 1.807) is 23.8 Å². The van der Waals surface area contributed by atoms with Crippen LogP contribution in [0.25, 0.3) is 0 Å². The summed E-state index contributed by atoms with van der Waals surface area (Å²) in [6.45, 7) is 4.89. The molecule has 1 aromatic rings. The lowest BCUT2D eigenvalue weighted by Crippen LogP contribution is -2.27. The number of hydrogen-bond donors (Lipinski definition) is 0. The summed E-state index contributed by atoms with van der Waals surface area (Å²) in [7, 11) is 1.85. The second-order valence-corrected chi connectivity index (χ2v) is 4.99. The number of likely N-dealkylation sites (N-methyl/N-ethyl adjacent to an activating group) is 1. The van der Waals surface area contributed by atoms with Gasteiger partial charge in [-0.05, 0) is 20.9 Å². The fraction of sp³-hybridized carbons (Fsp3) is 0.583. The average molecular weight is 270 g/mol. The van der Waals surface area contributed by atoms with Crippen molar-refractivity contribution in [3.8, 4) is 0 Å². The summed E-state index contributed by atoms with van der Waals surface area (Å²) in [6, 6.07) is 0. The summed E-state index contributed by atoms with van der Waals surface area (Å²) in [4.78, 5) is 29.9. The Kier molecular flexibility index (Phi) is 5.94. The van der Waals surface area contributed by atoms with Crippen LogP contribution in [-0.4, -0.2) is 41.8 Å². The molecule has 0 amide bonds. The van der Waals surface area contributed by atoms with Gasteiger partial charge in [0.2, 0.25) is 0 Å². The number of thiazole rings is 1. The molecule has 0 aliphatic heterocycles. The van der Waals surface area contributed by atoms with Gasteiger partial charge in [0.05, 0.1) is 24.4 Å². The van der Waals surface area contributed by atoms with Crippen LogP contribution in [0, 0.1) is 6.92 Å². The van der Waals surface area contributed by atoms with Crippen molar-refractivity contribution in [3.63, 3.8) is 0 Å². The number of hydrogen-bond acceptors (Lipinski definition) is 6. The Labute approximate surface area is 111 Å². The Hall–Kier alpha value is -1.27. The smallest absolute Gasteiger partial charge is 0.313 e. The number of aryl methyl sites for hydroxylation is 1. The van der Waals surface area contributed by atoms with Crippen molar-refractivity contribution in [1.82, 2.24) is 9.88 Å². The number of aromatic nitrogens is 1. The van der Waals surface area contributed by atoms with E-state index in [9.17, 15) is 9.59 Å². The highest BCUT2D eigenvalue weighted by Crippen LogP contribution is 2.13.